The van der Waals surface area contributed by atoms with Gasteiger partial charge in [-0.3, -0.25) is 9.59 Å². The zero-order valence-corrected chi connectivity index (χ0v) is 18.5. The molecule has 3 amide bonds. The van der Waals surface area contributed by atoms with Crippen molar-refractivity contribution in [2.45, 2.75) is 38.6 Å². The number of pyridine rings is 1. The van der Waals surface area contributed by atoms with E-state index in [0.717, 1.165) is 18.4 Å². The van der Waals surface area contributed by atoms with Crippen LogP contribution in [0.5, 0.6) is 0 Å². The minimum absolute atomic E-state index is 0.116. The lowest BCUT2D eigenvalue weighted by Crippen LogP contribution is -2.40. The summed E-state index contributed by atoms with van der Waals surface area (Å²) < 4.78 is 5.02. The molecule has 168 valence electrons. The van der Waals surface area contributed by atoms with Gasteiger partial charge in [-0.25, -0.2) is 9.78 Å². The molecule has 32 heavy (non-hydrogen) atoms. The van der Waals surface area contributed by atoms with Crippen LogP contribution in [0.3, 0.4) is 0 Å². The molecule has 0 atom stereocenters. The summed E-state index contributed by atoms with van der Waals surface area (Å²) in [5.74, 6) is -0.276. The van der Waals surface area contributed by atoms with Gasteiger partial charge >= 0.3 is 6.09 Å². The fourth-order valence-corrected chi connectivity index (χ4v) is 4.32. The maximum Gasteiger partial charge on any atom is 0.410 e. The molecule has 2 N–H and O–H groups in total. The second-order valence-electron chi connectivity index (χ2n) is 8.17. The van der Waals surface area contributed by atoms with Crippen molar-refractivity contribution in [2.24, 2.45) is 5.92 Å². The molecule has 0 spiro atoms. The Bertz CT molecular complexity index is 1020. The number of aromatic nitrogens is 1. The van der Waals surface area contributed by atoms with Crippen molar-refractivity contribution in [3.63, 3.8) is 0 Å². The highest BCUT2D eigenvalue weighted by Crippen LogP contribution is 2.30. The highest BCUT2D eigenvalue weighted by molar-refractivity contribution is 6.30. The lowest BCUT2D eigenvalue weighted by Gasteiger charge is -2.32. The Labute approximate surface area is 191 Å². The third-order valence-corrected chi connectivity index (χ3v) is 6.17. The number of carbonyl (C=O) groups excluding carboxylic acids is 3. The molecule has 0 bridgehead atoms. The third-order valence-electron chi connectivity index (χ3n) is 5.95. The minimum atomic E-state index is -0.366. The van der Waals surface area contributed by atoms with Crippen molar-refractivity contribution >= 4 is 41.0 Å². The number of aryl methyl sites for hydroxylation is 1. The molecule has 1 aromatic carbocycles. The zero-order chi connectivity index (χ0) is 22.7. The molecule has 2 fully saturated rings. The van der Waals surface area contributed by atoms with E-state index in [0.29, 0.717) is 48.1 Å². The van der Waals surface area contributed by atoms with Gasteiger partial charge in [-0.1, -0.05) is 23.2 Å². The highest BCUT2D eigenvalue weighted by Gasteiger charge is 2.34. The number of carbonyl (C=O) groups is 3. The van der Waals surface area contributed by atoms with E-state index in [1.165, 1.54) is 6.20 Å². The van der Waals surface area contributed by atoms with Crippen LogP contribution < -0.4 is 10.6 Å². The third kappa shape index (κ3) is 5.02. The molecular formula is C23H25ClN4O4. The van der Waals surface area contributed by atoms with Gasteiger partial charge in [-0.2, -0.15) is 0 Å². The van der Waals surface area contributed by atoms with Gasteiger partial charge in [0, 0.05) is 18.2 Å². The van der Waals surface area contributed by atoms with Crippen molar-refractivity contribution in [1.29, 1.82) is 0 Å². The maximum atomic E-state index is 12.9. The smallest absolute Gasteiger partial charge is 0.410 e. The number of hydrogen-bond acceptors (Lipinski definition) is 5. The molecule has 8 nitrogen and oxygen atoms in total. The summed E-state index contributed by atoms with van der Waals surface area (Å²) in [7, 11) is 0. The number of rotatable bonds is 5. The van der Waals surface area contributed by atoms with Gasteiger partial charge < -0.3 is 20.3 Å². The fourth-order valence-electron chi connectivity index (χ4n) is 4.21. The number of benzene rings is 1. The van der Waals surface area contributed by atoms with E-state index in [2.05, 4.69) is 15.6 Å². The van der Waals surface area contributed by atoms with Crippen molar-refractivity contribution in [3.05, 3.63) is 52.7 Å². The average molecular weight is 457 g/mol. The first-order valence-electron chi connectivity index (χ1n) is 10.7. The van der Waals surface area contributed by atoms with Gasteiger partial charge in [0.1, 0.15) is 12.4 Å². The number of ether oxygens (including phenoxy) is 1. The first-order chi connectivity index (χ1) is 15.4. The summed E-state index contributed by atoms with van der Waals surface area (Å²) in [5.41, 5.74) is 1.72. The minimum Gasteiger partial charge on any atom is -0.448 e. The largest absolute Gasteiger partial charge is 0.448 e. The van der Waals surface area contributed by atoms with E-state index >= 15 is 0 Å². The Morgan fingerprint density at radius 1 is 1.12 bits per heavy atom. The molecule has 1 saturated carbocycles. The summed E-state index contributed by atoms with van der Waals surface area (Å²) in [6.45, 7) is 2.93. The molecule has 1 aromatic heterocycles. The van der Waals surface area contributed by atoms with E-state index in [4.69, 9.17) is 16.3 Å². The molecule has 0 radical (unpaired) electrons. The monoisotopic (exact) mass is 456 g/mol. The normalized spacial score (nSPS) is 20.6. The Kier molecular flexibility index (Phi) is 6.60. The number of anilines is 2. The van der Waals surface area contributed by atoms with Crippen LogP contribution in [0.4, 0.5) is 16.3 Å². The Balaban J connectivity index is 1.40. The van der Waals surface area contributed by atoms with E-state index in [1.54, 1.807) is 29.2 Å². The topological polar surface area (TPSA) is 101 Å². The molecule has 1 aliphatic carbocycles. The van der Waals surface area contributed by atoms with Crippen LogP contribution in [0.25, 0.3) is 0 Å². The van der Waals surface area contributed by atoms with E-state index in [-0.39, 0.29) is 29.9 Å². The van der Waals surface area contributed by atoms with E-state index in [9.17, 15) is 14.4 Å². The Hall–Kier alpha value is -3.13. The Morgan fingerprint density at radius 2 is 1.91 bits per heavy atom. The zero-order valence-electron chi connectivity index (χ0n) is 17.8. The van der Waals surface area contributed by atoms with Crippen LogP contribution in [0.15, 0.2) is 36.5 Å². The second-order valence-corrected chi connectivity index (χ2v) is 8.60. The summed E-state index contributed by atoms with van der Waals surface area (Å²) in [4.78, 5) is 43.4. The predicted octanol–water partition coefficient (Wildman–Crippen LogP) is 4.25. The molecular weight excluding hydrogens is 432 g/mol. The molecule has 9 heteroatoms. The van der Waals surface area contributed by atoms with E-state index < -0.39 is 0 Å². The van der Waals surface area contributed by atoms with Crippen LogP contribution in [-0.2, 0) is 9.53 Å². The number of hydrogen-bond donors (Lipinski definition) is 2. The van der Waals surface area contributed by atoms with Gasteiger partial charge in [0.05, 0.1) is 22.8 Å². The summed E-state index contributed by atoms with van der Waals surface area (Å²) in [6.07, 6.45) is 4.08. The molecule has 2 aromatic rings. The lowest BCUT2D eigenvalue weighted by molar-refractivity contribution is -0.121. The van der Waals surface area contributed by atoms with Crippen LogP contribution in [0, 0.1) is 12.8 Å². The highest BCUT2D eigenvalue weighted by atomic mass is 35.5. The quantitative estimate of drug-likeness (QED) is 0.700. The fraction of sp³-hybridized carbons (Fsp3) is 0.391. The number of halogens is 1. The SMILES string of the molecule is Cc1ccc(NC(=O)C2CCC(N3CCOC3=O)CC2)c(C(=O)Nc2ccc(Cl)cn2)c1. The summed E-state index contributed by atoms with van der Waals surface area (Å²) in [6, 6.07) is 8.70. The summed E-state index contributed by atoms with van der Waals surface area (Å²) in [5, 5.41) is 6.14. The molecule has 4 rings (SSSR count). The van der Waals surface area contributed by atoms with Crippen LogP contribution >= 0.6 is 11.6 Å². The van der Waals surface area contributed by atoms with Crippen LogP contribution in [0.2, 0.25) is 5.02 Å². The molecule has 0 unspecified atom stereocenters. The predicted molar refractivity (Wildman–Crippen MR) is 121 cm³/mol. The maximum absolute atomic E-state index is 12.9. The van der Waals surface area contributed by atoms with Crippen molar-refractivity contribution in [1.82, 2.24) is 9.88 Å². The first-order valence-corrected chi connectivity index (χ1v) is 11.1. The number of nitrogens with one attached hydrogen (secondary N) is 2. The summed E-state index contributed by atoms with van der Waals surface area (Å²) >= 11 is 5.85. The Morgan fingerprint density at radius 3 is 2.56 bits per heavy atom. The van der Waals surface area contributed by atoms with Crippen molar-refractivity contribution in [3.8, 4) is 0 Å². The van der Waals surface area contributed by atoms with Crippen molar-refractivity contribution < 1.29 is 19.1 Å². The average Bonchev–Trinajstić information content (AvgIpc) is 3.22. The number of amides is 3. The van der Waals surface area contributed by atoms with Gasteiger partial charge in [-0.15, -0.1) is 0 Å². The van der Waals surface area contributed by atoms with Crippen LogP contribution in [0.1, 0.15) is 41.6 Å². The molecule has 1 saturated heterocycles. The number of nitrogens with zero attached hydrogens (tertiary/aromatic N) is 2. The standard InChI is InChI=1S/C23H25ClN4O4/c1-14-2-8-19(18(12-14)22(30)27-20-9-5-16(24)13-25-20)26-21(29)15-3-6-17(7-4-15)28-10-11-32-23(28)31/h2,5,8-9,12-13,15,17H,3-4,6-7,10-11H2,1H3,(H,26,29)(H,25,27,30). The van der Waals surface area contributed by atoms with Crippen LogP contribution in [-0.4, -0.2) is 47.0 Å². The van der Waals surface area contributed by atoms with Gasteiger partial charge in [-0.05, 0) is 56.9 Å². The molecule has 2 aliphatic rings. The lowest BCUT2D eigenvalue weighted by atomic mass is 9.84. The molecule has 2 heterocycles. The van der Waals surface area contributed by atoms with Crippen molar-refractivity contribution in [2.75, 3.05) is 23.8 Å². The van der Waals surface area contributed by atoms with E-state index in [1.807, 2.05) is 13.0 Å². The second kappa shape index (κ2) is 9.56. The van der Waals surface area contributed by atoms with Gasteiger partial charge in [0.15, 0.2) is 0 Å². The van der Waals surface area contributed by atoms with Gasteiger partial charge in [0.2, 0.25) is 5.91 Å². The number of cyclic esters (lactones) is 1. The first kappa shape index (κ1) is 22.1. The van der Waals surface area contributed by atoms with Gasteiger partial charge in [0.25, 0.3) is 5.91 Å². The molecule has 1 aliphatic heterocycles.